The number of H-pyrrole nitrogens is 1. The molecule has 4 aliphatic heterocycles. The number of fused-ring (bicyclic) bond motifs is 1. The Morgan fingerprint density at radius 2 is 1.87 bits per heavy atom. The molecule has 0 amide bonds. The number of aryl methyl sites for hydroxylation is 1. The molecule has 38 heavy (non-hydrogen) atoms. The molecule has 1 aromatic carbocycles. The van der Waals surface area contributed by atoms with Crippen molar-refractivity contribution in [2.75, 3.05) is 37.1 Å². The Bertz CT molecular complexity index is 1260. The summed E-state index contributed by atoms with van der Waals surface area (Å²) >= 11 is 0. The molecule has 2 fully saturated rings. The van der Waals surface area contributed by atoms with Crippen LogP contribution >= 0.6 is 0 Å². The number of rotatable bonds is 6. The number of aliphatic imine (C=N–C) groups is 2. The molecule has 0 bridgehead atoms. The number of aromatic amines is 1. The van der Waals surface area contributed by atoms with Crippen LogP contribution in [-0.4, -0.2) is 71.2 Å². The van der Waals surface area contributed by atoms with Crippen molar-refractivity contribution in [1.82, 2.24) is 20.6 Å². The summed E-state index contributed by atoms with van der Waals surface area (Å²) in [5.74, 6) is 0.348. The lowest BCUT2D eigenvalue weighted by Crippen LogP contribution is -2.51. The molecule has 0 radical (unpaired) electrons. The van der Waals surface area contributed by atoms with Crippen LogP contribution in [0.25, 0.3) is 0 Å². The number of anilines is 2. The minimum Gasteiger partial charge on any atom is -0.381 e. The van der Waals surface area contributed by atoms with E-state index in [1.54, 1.807) is 6.07 Å². The van der Waals surface area contributed by atoms with E-state index in [1.807, 2.05) is 25.3 Å². The summed E-state index contributed by atoms with van der Waals surface area (Å²) in [5, 5.41) is 16.0. The SMILES string of the molecule is Cc1cc(NC2=NC(N)(Cc3ccc(F)c(NC4CCOCC4)c3)N=C3C2=CNN3C2CCOCC2)n[nH]1. The zero-order valence-electron chi connectivity index (χ0n) is 21.5. The third kappa shape index (κ3) is 5.24. The number of aromatic nitrogens is 2. The average Bonchev–Trinajstić information content (AvgIpc) is 3.52. The van der Waals surface area contributed by atoms with Crippen molar-refractivity contribution < 1.29 is 13.9 Å². The fraction of sp³-hybridized carbons (Fsp3) is 0.500. The van der Waals surface area contributed by atoms with Crippen molar-refractivity contribution in [3.63, 3.8) is 0 Å². The van der Waals surface area contributed by atoms with Crippen LogP contribution < -0.4 is 21.8 Å². The normalized spacial score (nSPS) is 24.3. The van der Waals surface area contributed by atoms with Gasteiger partial charge in [-0.2, -0.15) is 5.10 Å². The molecule has 2 saturated heterocycles. The molecule has 1 atom stereocenters. The quantitative estimate of drug-likeness (QED) is 0.389. The monoisotopic (exact) mass is 523 g/mol. The molecule has 0 spiro atoms. The highest BCUT2D eigenvalue weighted by Gasteiger charge is 2.40. The highest BCUT2D eigenvalue weighted by atomic mass is 19.1. The molecule has 6 N–H and O–H groups in total. The van der Waals surface area contributed by atoms with Gasteiger partial charge in [-0.15, -0.1) is 0 Å². The topological polar surface area (TPSA) is 137 Å². The van der Waals surface area contributed by atoms with Gasteiger partial charge in [-0.25, -0.2) is 14.4 Å². The first-order chi connectivity index (χ1) is 18.5. The van der Waals surface area contributed by atoms with Crippen LogP contribution in [-0.2, 0) is 15.9 Å². The maximum Gasteiger partial charge on any atom is 0.210 e. The Balaban J connectivity index is 1.29. The fourth-order valence-electron chi connectivity index (χ4n) is 5.29. The van der Waals surface area contributed by atoms with Gasteiger partial charge in [0.1, 0.15) is 11.7 Å². The van der Waals surface area contributed by atoms with E-state index in [0.29, 0.717) is 50.2 Å². The van der Waals surface area contributed by atoms with E-state index in [9.17, 15) is 4.39 Å². The van der Waals surface area contributed by atoms with Crippen molar-refractivity contribution in [3.05, 3.63) is 53.1 Å². The molecule has 11 nitrogen and oxygen atoms in total. The molecule has 12 heteroatoms. The Kier molecular flexibility index (Phi) is 6.76. The Labute approximate surface area is 220 Å². The number of hydrogen-bond acceptors (Lipinski definition) is 10. The highest BCUT2D eigenvalue weighted by Crippen LogP contribution is 2.30. The lowest BCUT2D eigenvalue weighted by molar-refractivity contribution is 0.0486. The molecule has 5 heterocycles. The number of hydrogen-bond donors (Lipinski definition) is 5. The van der Waals surface area contributed by atoms with Gasteiger partial charge in [0.25, 0.3) is 0 Å². The largest absolute Gasteiger partial charge is 0.381 e. The second-order valence-electron chi connectivity index (χ2n) is 10.3. The van der Waals surface area contributed by atoms with Crippen LogP contribution in [0.1, 0.15) is 36.9 Å². The standard InChI is InChI=1S/C26H34FN9O2/c1-16-12-23(35-34-16)31-24-20-15-29-36(19-6-10-38-11-7-19)25(20)33-26(28,32-24)14-17-2-3-21(27)22(13-17)30-18-4-8-37-9-5-18/h2-3,12-13,15,18-19,29-30H,4-11,14,28H2,1H3,(H2,31,32,34,35). The van der Waals surface area contributed by atoms with Gasteiger partial charge in [0.05, 0.1) is 17.3 Å². The molecular formula is C26H34FN9O2. The van der Waals surface area contributed by atoms with E-state index in [2.05, 4.69) is 31.3 Å². The van der Waals surface area contributed by atoms with Gasteiger partial charge in [0.2, 0.25) is 5.79 Å². The first kappa shape index (κ1) is 24.8. The molecule has 0 saturated carbocycles. The van der Waals surface area contributed by atoms with Gasteiger partial charge in [-0.05, 0) is 50.3 Å². The molecule has 6 rings (SSSR count). The van der Waals surface area contributed by atoms with E-state index < -0.39 is 5.79 Å². The van der Waals surface area contributed by atoms with Crippen LogP contribution in [0.3, 0.4) is 0 Å². The third-order valence-electron chi connectivity index (χ3n) is 7.26. The number of ether oxygens (including phenoxy) is 2. The Morgan fingerprint density at radius 1 is 1.11 bits per heavy atom. The van der Waals surface area contributed by atoms with E-state index in [1.165, 1.54) is 6.07 Å². The summed E-state index contributed by atoms with van der Waals surface area (Å²) < 4.78 is 25.7. The second-order valence-corrected chi connectivity index (χ2v) is 10.3. The van der Waals surface area contributed by atoms with Crippen molar-refractivity contribution in [2.24, 2.45) is 15.7 Å². The Morgan fingerprint density at radius 3 is 2.61 bits per heavy atom. The smallest absolute Gasteiger partial charge is 0.210 e. The summed E-state index contributed by atoms with van der Waals surface area (Å²) in [4.78, 5) is 9.81. The van der Waals surface area contributed by atoms with Gasteiger partial charge in [-0.3, -0.25) is 15.8 Å². The number of halogens is 1. The van der Waals surface area contributed by atoms with Gasteiger partial charge in [-0.1, -0.05) is 6.07 Å². The highest BCUT2D eigenvalue weighted by molar-refractivity contribution is 6.28. The van der Waals surface area contributed by atoms with Crippen LogP contribution in [0, 0.1) is 12.7 Å². The molecule has 4 aliphatic rings. The van der Waals surface area contributed by atoms with Crippen LogP contribution in [0.5, 0.6) is 0 Å². The average molecular weight is 524 g/mol. The van der Waals surface area contributed by atoms with Crippen LogP contribution in [0.4, 0.5) is 15.9 Å². The molecule has 2 aromatic rings. The number of amidine groups is 2. The van der Waals surface area contributed by atoms with Crippen molar-refractivity contribution >= 4 is 23.2 Å². The minimum atomic E-state index is -1.30. The molecule has 1 aromatic heterocycles. The van der Waals surface area contributed by atoms with Gasteiger partial charge < -0.3 is 25.5 Å². The summed E-state index contributed by atoms with van der Waals surface area (Å²) in [6.45, 7) is 4.68. The maximum atomic E-state index is 14.7. The summed E-state index contributed by atoms with van der Waals surface area (Å²) in [6, 6.07) is 7.32. The zero-order chi connectivity index (χ0) is 26.1. The van der Waals surface area contributed by atoms with E-state index in [-0.39, 0.29) is 17.9 Å². The Hall–Kier alpha value is -3.48. The number of nitrogens with two attached hydrogens (primary N) is 1. The van der Waals surface area contributed by atoms with E-state index >= 15 is 0 Å². The zero-order valence-corrected chi connectivity index (χ0v) is 21.5. The first-order valence-corrected chi connectivity index (χ1v) is 13.2. The van der Waals surface area contributed by atoms with Gasteiger partial charge >= 0.3 is 0 Å². The molecule has 1 unspecified atom stereocenters. The van der Waals surface area contributed by atoms with Crippen molar-refractivity contribution in [3.8, 4) is 0 Å². The minimum absolute atomic E-state index is 0.173. The van der Waals surface area contributed by atoms with E-state index in [0.717, 1.165) is 48.3 Å². The lowest BCUT2D eigenvalue weighted by Gasteiger charge is -2.36. The molecular weight excluding hydrogens is 489 g/mol. The van der Waals surface area contributed by atoms with Crippen molar-refractivity contribution in [1.29, 1.82) is 0 Å². The predicted octanol–water partition coefficient (Wildman–Crippen LogP) is 2.41. The van der Waals surface area contributed by atoms with Crippen LogP contribution in [0.2, 0.25) is 0 Å². The number of nitrogens with zero attached hydrogens (tertiary/aromatic N) is 4. The van der Waals surface area contributed by atoms with Crippen LogP contribution in [0.15, 0.2) is 46.0 Å². The lowest BCUT2D eigenvalue weighted by atomic mass is 10.0. The number of benzene rings is 1. The second kappa shape index (κ2) is 10.4. The third-order valence-corrected chi connectivity index (χ3v) is 7.26. The first-order valence-electron chi connectivity index (χ1n) is 13.2. The van der Waals surface area contributed by atoms with Crippen molar-refractivity contribution in [2.45, 2.75) is 56.9 Å². The molecule has 0 aliphatic carbocycles. The van der Waals surface area contributed by atoms with E-state index in [4.69, 9.17) is 25.2 Å². The van der Waals surface area contributed by atoms with Gasteiger partial charge in [0.15, 0.2) is 11.7 Å². The number of nitrogens with one attached hydrogen (secondary N) is 4. The summed E-state index contributed by atoms with van der Waals surface area (Å²) in [5.41, 5.74) is 13.3. The number of hydrazine groups is 1. The van der Waals surface area contributed by atoms with Gasteiger partial charge in [0, 0.05) is 56.9 Å². The predicted molar refractivity (Wildman–Crippen MR) is 143 cm³/mol. The maximum absolute atomic E-state index is 14.7. The molecule has 202 valence electrons. The summed E-state index contributed by atoms with van der Waals surface area (Å²) in [7, 11) is 0. The fourth-order valence-corrected chi connectivity index (χ4v) is 5.29. The summed E-state index contributed by atoms with van der Waals surface area (Å²) in [6.07, 6.45) is 5.62.